The summed E-state index contributed by atoms with van der Waals surface area (Å²) >= 11 is 1.69. The lowest BCUT2D eigenvalue weighted by Crippen LogP contribution is -2.31. The van der Waals surface area contributed by atoms with Crippen molar-refractivity contribution in [3.8, 4) is 0 Å². The van der Waals surface area contributed by atoms with Crippen molar-refractivity contribution in [1.82, 2.24) is 9.88 Å². The molecule has 1 amide bonds. The Kier molecular flexibility index (Phi) is 4.43. The van der Waals surface area contributed by atoms with E-state index >= 15 is 0 Å². The van der Waals surface area contributed by atoms with Crippen LogP contribution in [0.25, 0.3) is 0 Å². The number of aromatic nitrogens is 1. The van der Waals surface area contributed by atoms with Crippen molar-refractivity contribution in [3.63, 3.8) is 0 Å². The van der Waals surface area contributed by atoms with Crippen LogP contribution in [0.15, 0.2) is 30.3 Å². The fourth-order valence-electron chi connectivity index (χ4n) is 2.68. The molecule has 0 N–H and O–H groups in total. The van der Waals surface area contributed by atoms with Gasteiger partial charge in [0.15, 0.2) is 0 Å². The second kappa shape index (κ2) is 6.48. The van der Waals surface area contributed by atoms with Crippen LogP contribution in [0, 0.1) is 13.8 Å². The molecule has 0 aliphatic carbocycles. The second-order valence-electron chi connectivity index (χ2n) is 5.59. The minimum absolute atomic E-state index is 0.0701. The molecule has 0 bridgehead atoms. The van der Waals surface area contributed by atoms with Gasteiger partial charge in [0.2, 0.25) is 0 Å². The fourth-order valence-corrected chi connectivity index (χ4v) is 3.76. The maximum absolute atomic E-state index is 12.4. The fraction of sp³-hybridized carbons (Fsp3) is 0.412. The number of carbonyl (C=O) groups is 1. The van der Waals surface area contributed by atoms with E-state index in [2.05, 4.69) is 11.9 Å². The highest BCUT2D eigenvalue weighted by Crippen LogP contribution is 2.35. The Morgan fingerprint density at radius 2 is 2.14 bits per heavy atom. The predicted molar refractivity (Wildman–Crippen MR) is 86.9 cm³/mol. The number of amides is 1. The first-order chi connectivity index (χ1) is 10.6. The minimum atomic E-state index is -0.239. The van der Waals surface area contributed by atoms with Gasteiger partial charge in [-0.1, -0.05) is 30.3 Å². The molecule has 4 nitrogen and oxygen atoms in total. The van der Waals surface area contributed by atoms with E-state index in [1.165, 1.54) is 4.88 Å². The third kappa shape index (κ3) is 3.14. The van der Waals surface area contributed by atoms with Gasteiger partial charge in [-0.2, -0.15) is 0 Å². The first kappa shape index (κ1) is 15.0. The predicted octanol–water partition coefficient (Wildman–Crippen LogP) is 4.23. The molecule has 2 aromatic rings. The Bertz CT molecular complexity index is 634. The van der Waals surface area contributed by atoms with Gasteiger partial charge in [-0.15, -0.1) is 11.3 Å². The Labute approximate surface area is 134 Å². The van der Waals surface area contributed by atoms with E-state index in [9.17, 15) is 4.79 Å². The number of carbonyl (C=O) groups excluding carboxylic acids is 1. The topological polar surface area (TPSA) is 42.4 Å². The van der Waals surface area contributed by atoms with Crippen LogP contribution in [0.2, 0.25) is 0 Å². The number of likely N-dealkylation sites (tertiary alicyclic amines) is 1. The summed E-state index contributed by atoms with van der Waals surface area (Å²) in [6.45, 7) is 5.15. The van der Waals surface area contributed by atoms with Crippen LogP contribution in [0.3, 0.4) is 0 Å². The van der Waals surface area contributed by atoms with E-state index in [-0.39, 0.29) is 12.1 Å². The van der Waals surface area contributed by atoms with Gasteiger partial charge in [0.1, 0.15) is 11.6 Å². The Morgan fingerprint density at radius 3 is 2.82 bits per heavy atom. The third-order valence-electron chi connectivity index (χ3n) is 4.02. The van der Waals surface area contributed by atoms with Crippen molar-refractivity contribution in [2.75, 3.05) is 6.54 Å². The van der Waals surface area contributed by atoms with Gasteiger partial charge in [0.25, 0.3) is 0 Å². The first-order valence-electron chi connectivity index (χ1n) is 7.56. The van der Waals surface area contributed by atoms with Crippen molar-refractivity contribution in [1.29, 1.82) is 0 Å². The molecule has 1 aliphatic rings. The van der Waals surface area contributed by atoms with Gasteiger partial charge in [-0.05, 0) is 32.3 Å². The average molecular weight is 316 g/mol. The molecule has 22 heavy (non-hydrogen) atoms. The lowest BCUT2D eigenvalue weighted by atomic mass is 10.2. The van der Waals surface area contributed by atoms with Gasteiger partial charge in [0.05, 0.1) is 11.7 Å². The molecule has 1 aromatic heterocycles. The van der Waals surface area contributed by atoms with E-state index < -0.39 is 0 Å². The molecule has 0 saturated carbocycles. The Hall–Kier alpha value is -1.88. The summed E-state index contributed by atoms with van der Waals surface area (Å²) in [6.07, 6.45) is 1.73. The van der Waals surface area contributed by atoms with Crippen molar-refractivity contribution in [3.05, 3.63) is 51.5 Å². The molecule has 1 atom stereocenters. The summed E-state index contributed by atoms with van der Waals surface area (Å²) in [5.41, 5.74) is 2.07. The van der Waals surface area contributed by atoms with Gasteiger partial charge in [0, 0.05) is 11.4 Å². The van der Waals surface area contributed by atoms with Crippen LogP contribution in [0.4, 0.5) is 4.79 Å². The summed E-state index contributed by atoms with van der Waals surface area (Å²) < 4.78 is 5.46. The molecular formula is C17H20N2O2S. The molecule has 0 spiro atoms. The highest BCUT2D eigenvalue weighted by molar-refractivity contribution is 7.11. The zero-order chi connectivity index (χ0) is 15.5. The van der Waals surface area contributed by atoms with Gasteiger partial charge in [-0.3, -0.25) is 4.90 Å². The first-order valence-corrected chi connectivity index (χ1v) is 8.38. The Morgan fingerprint density at radius 1 is 1.36 bits per heavy atom. The molecule has 2 heterocycles. The van der Waals surface area contributed by atoms with E-state index in [0.717, 1.165) is 35.7 Å². The summed E-state index contributed by atoms with van der Waals surface area (Å²) in [5.74, 6) is 0. The molecule has 0 radical (unpaired) electrons. The van der Waals surface area contributed by atoms with Crippen molar-refractivity contribution < 1.29 is 9.53 Å². The van der Waals surface area contributed by atoms with E-state index in [4.69, 9.17) is 4.74 Å². The largest absolute Gasteiger partial charge is 0.445 e. The zero-order valence-corrected chi connectivity index (χ0v) is 13.7. The van der Waals surface area contributed by atoms with Crippen LogP contribution in [-0.2, 0) is 11.3 Å². The molecule has 0 unspecified atom stereocenters. The minimum Gasteiger partial charge on any atom is -0.445 e. The normalized spacial score (nSPS) is 17.7. The van der Waals surface area contributed by atoms with E-state index in [0.29, 0.717) is 6.61 Å². The summed E-state index contributed by atoms with van der Waals surface area (Å²) in [5, 5.41) is 1.03. The number of nitrogens with zero attached hydrogens (tertiary/aromatic N) is 2. The molecule has 5 heteroatoms. The number of hydrogen-bond donors (Lipinski definition) is 0. The molecule has 1 saturated heterocycles. The smallest absolute Gasteiger partial charge is 0.410 e. The third-order valence-corrected chi connectivity index (χ3v) is 5.20. The molecule has 3 rings (SSSR count). The zero-order valence-electron chi connectivity index (χ0n) is 12.9. The number of benzene rings is 1. The number of rotatable bonds is 3. The monoisotopic (exact) mass is 316 g/mol. The second-order valence-corrected chi connectivity index (χ2v) is 6.82. The van der Waals surface area contributed by atoms with Crippen LogP contribution < -0.4 is 0 Å². The lowest BCUT2D eigenvalue weighted by molar-refractivity contribution is 0.0920. The van der Waals surface area contributed by atoms with Gasteiger partial charge >= 0.3 is 6.09 Å². The summed E-state index contributed by atoms with van der Waals surface area (Å²) in [4.78, 5) is 20.0. The van der Waals surface area contributed by atoms with Crippen molar-refractivity contribution in [2.24, 2.45) is 0 Å². The number of ether oxygens (including phenoxy) is 1. The van der Waals surface area contributed by atoms with Gasteiger partial charge < -0.3 is 4.74 Å². The number of hydrogen-bond acceptors (Lipinski definition) is 4. The number of aryl methyl sites for hydroxylation is 2. The quantitative estimate of drug-likeness (QED) is 0.851. The summed E-state index contributed by atoms with van der Waals surface area (Å²) in [6, 6.07) is 9.84. The van der Waals surface area contributed by atoms with E-state index in [1.807, 2.05) is 42.2 Å². The molecule has 116 valence electrons. The van der Waals surface area contributed by atoms with Crippen molar-refractivity contribution >= 4 is 17.4 Å². The lowest BCUT2D eigenvalue weighted by Gasteiger charge is -2.22. The van der Waals surface area contributed by atoms with Gasteiger partial charge in [-0.25, -0.2) is 9.78 Å². The van der Waals surface area contributed by atoms with Crippen LogP contribution in [-0.4, -0.2) is 22.5 Å². The van der Waals surface area contributed by atoms with Crippen LogP contribution in [0.5, 0.6) is 0 Å². The SMILES string of the molecule is Cc1nc([C@@H]2CCCN2C(=O)OCc2ccccc2)sc1C. The summed E-state index contributed by atoms with van der Waals surface area (Å²) in [7, 11) is 0. The molecule has 1 aliphatic heterocycles. The van der Waals surface area contributed by atoms with E-state index in [1.54, 1.807) is 11.3 Å². The maximum atomic E-state index is 12.4. The van der Waals surface area contributed by atoms with Crippen LogP contribution >= 0.6 is 11.3 Å². The average Bonchev–Trinajstić information content (AvgIpc) is 3.13. The molecular weight excluding hydrogens is 296 g/mol. The van der Waals surface area contributed by atoms with Crippen molar-refractivity contribution in [2.45, 2.75) is 39.3 Å². The number of thiazole rings is 1. The maximum Gasteiger partial charge on any atom is 0.410 e. The standard InChI is InChI=1S/C17H20N2O2S/c1-12-13(2)22-16(18-12)15-9-6-10-19(15)17(20)21-11-14-7-4-3-5-8-14/h3-5,7-8,15H,6,9-11H2,1-2H3/t15-/m0/s1. The molecule has 1 fully saturated rings. The van der Waals surface area contributed by atoms with Crippen LogP contribution in [0.1, 0.15) is 40.0 Å². The molecule has 1 aromatic carbocycles. The highest BCUT2D eigenvalue weighted by atomic mass is 32.1. The Balaban J connectivity index is 1.66. The highest BCUT2D eigenvalue weighted by Gasteiger charge is 2.33.